The Bertz CT molecular complexity index is 519. The summed E-state index contributed by atoms with van der Waals surface area (Å²) in [5.41, 5.74) is -1.06. The Morgan fingerprint density at radius 2 is 1.95 bits per heavy atom. The van der Waals surface area contributed by atoms with Crippen LogP contribution in [-0.2, 0) is 11.0 Å². The summed E-state index contributed by atoms with van der Waals surface area (Å²) in [6, 6.07) is 2.82. The monoisotopic (exact) mass is 338 g/mol. The third-order valence-corrected chi connectivity index (χ3v) is 3.76. The van der Waals surface area contributed by atoms with Crippen molar-refractivity contribution in [1.29, 1.82) is 0 Å². The number of benzene rings is 1. The summed E-state index contributed by atoms with van der Waals surface area (Å²) in [5, 5.41) is 19.7. The van der Waals surface area contributed by atoms with Crippen molar-refractivity contribution in [3.05, 3.63) is 29.3 Å². The van der Waals surface area contributed by atoms with Crippen LogP contribution in [0.4, 0.5) is 13.2 Å². The van der Waals surface area contributed by atoms with Gasteiger partial charge >= 0.3 is 6.18 Å². The van der Waals surface area contributed by atoms with Crippen molar-refractivity contribution >= 4 is 16.9 Å². The number of rotatable bonds is 6. The molecule has 2 unspecified atom stereocenters. The van der Waals surface area contributed by atoms with Crippen LogP contribution in [0.25, 0.3) is 0 Å². The van der Waals surface area contributed by atoms with Crippen LogP contribution in [0.5, 0.6) is 5.75 Å². The topological polar surface area (TPSA) is 66.8 Å². The van der Waals surface area contributed by atoms with Crippen molar-refractivity contribution in [3.8, 4) is 5.75 Å². The number of hydrogen-bond acceptors (Lipinski definition) is 5. The quantitative estimate of drug-likeness (QED) is 0.835. The Kier molecular flexibility index (Phi) is 6.70. The van der Waals surface area contributed by atoms with Crippen LogP contribution < -0.4 is 4.74 Å². The zero-order valence-corrected chi connectivity index (χ0v) is 12.9. The van der Waals surface area contributed by atoms with Gasteiger partial charge < -0.3 is 14.9 Å². The number of ether oxygens (including phenoxy) is 1. The van der Waals surface area contributed by atoms with Gasteiger partial charge in [-0.15, -0.1) is 0 Å². The lowest BCUT2D eigenvalue weighted by Crippen LogP contribution is -2.20. The number of thioether (sulfide) groups is 1. The molecule has 0 bridgehead atoms. The van der Waals surface area contributed by atoms with E-state index >= 15 is 0 Å². The maximum Gasteiger partial charge on any atom is 0.416 e. The van der Waals surface area contributed by atoms with E-state index in [1.807, 2.05) is 0 Å². The second-order valence-corrected chi connectivity index (χ2v) is 5.91. The average Bonchev–Trinajstić information content (AvgIpc) is 2.44. The molecular formula is C14H17F3O4S. The summed E-state index contributed by atoms with van der Waals surface area (Å²) in [6.45, 7) is 1.37. The Labute approximate surface area is 130 Å². The lowest BCUT2D eigenvalue weighted by Gasteiger charge is -2.20. The number of hydrogen-bond donors (Lipinski definition) is 2. The molecule has 0 aliphatic carbocycles. The fourth-order valence-electron chi connectivity index (χ4n) is 1.78. The van der Waals surface area contributed by atoms with Crippen LogP contribution in [0.15, 0.2) is 18.2 Å². The van der Waals surface area contributed by atoms with Crippen LogP contribution in [0.3, 0.4) is 0 Å². The Morgan fingerprint density at radius 3 is 2.45 bits per heavy atom. The molecule has 0 saturated heterocycles. The lowest BCUT2D eigenvalue weighted by molar-refractivity contribution is -0.137. The van der Waals surface area contributed by atoms with Crippen LogP contribution in [0.2, 0.25) is 0 Å². The number of carbonyl (C=O) groups is 1. The van der Waals surface area contributed by atoms with E-state index in [2.05, 4.69) is 0 Å². The SMILES string of the molecule is COc1cc(C(O)C(O)CCSC(C)=O)cc(C(F)(F)F)c1. The zero-order valence-electron chi connectivity index (χ0n) is 12.1. The molecule has 0 aromatic heterocycles. The van der Waals surface area contributed by atoms with Gasteiger partial charge in [0.1, 0.15) is 11.9 Å². The van der Waals surface area contributed by atoms with Gasteiger partial charge in [0.15, 0.2) is 5.12 Å². The summed E-state index contributed by atoms with van der Waals surface area (Å²) in [7, 11) is 1.21. The Hall–Kier alpha value is -1.25. The molecule has 1 aromatic rings. The third-order valence-electron chi connectivity index (χ3n) is 2.92. The second kappa shape index (κ2) is 7.85. The number of alkyl halides is 3. The first-order valence-corrected chi connectivity index (χ1v) is 7.39. The van der Waals surface area contributed by atoms with Crippen molar-refractivity contribution in [2.75, 3.05) is 12.9 Å². The molecule has 0 fully saturated rings. The highest BCUT2D eigenvalue weighted by atomic mass is 32.2. The van der Waals surface area contributed by atoms with E-state index in [-0.39, 0.29) is 28.6 Å². The predicted molar refractivity (Wildman–Crippen MR) is 76.7 cm³/mol. The fourth-order valence-corrected chi connectivity index (χ4v) is 2.42. The van der Waals surface area contributed by atoms with Crippen molar-refractivity contribution in [2.45, 2.75) is 31.7 Å². The van der Waals surface area contributed by atoms with Crippen LogP contribution >= 0.6 is 11.8 Å². The van der Waals surface area contributed by atoms with E-state index in [9.17, 15) is 28.2 Å². The summed E-state index contributed by atoms with van der Waals surface area (Å²) < 4.78 is 43.2. The molecule has 22 heavy (non-hydrogen) atoms. The minimum atomic E-state index is -4.58. The van der Waals surface area contributed by atoms with Gasteiger partial charge in [0.25, 0.3) is 0 Å². The first kappa shape index (κ1) is 18.8. The number of halogens is 3. The molecule has 0 amide bonds. The van der Waals surface area contributed by atoms with Crippen LogP contribution in [0, 0.1) is 0 Å². The second-order valence-electron chi connectivity index (χ2n) is 4.63. The molecule has 1 rings (SSSR count). The first-order chi connectivity index (χ1) is 10.1. The fraction of sp³-hybridized carbons (Fsp3) is 0.500. The maximum absolute atomic E-state index is 12.8. The molecule has 0 spiro atoms. The highest BCUT2D eigenvalue weighted by Crippen LogP contribution is 2.35. The molecule has 8 heteroatoms. The number of aliphatic hydroxyl groups excluding tert-OH is 2. The van der Waals surface area contributed by atoms with Crippen LogP contribution in [0.1, 0.15) is 30.6 Å². The standard InChI is InChI=1S/C14H17F3O4S/c1-8(18)22-4-3-12(19)13(20)9-5-10(14(15,16)17)7-11(6-9)21-2/h5-7,12-13,19-20H,3-4H2,1-2H3. The van der Waals surface area contributed by atoms with Gasteiger partial charge in [-0.05, 0) is 30.2 Å². The summed E-state index contributed by atoms with van der Waals surface area (Å²) in [5.74, 6) is 0.207. The summed E-state index contributed by atoms with van der Waals surface area (Å²) in [6.07, 6.45) is -7.29. The van der Waals surface area contributed by atoms with Gasteiger partial charge in [0, 0.05) is 12.7 Å². The highest BCUT2D eigenvalue weighted by molar-refractivity contribution is 8.13. The first-order valence-electron chi connectivity index (χ1n) is 6.40. The van der Waals surface area contributed by atoms with E-state index in [1.165, 1.54) is 20.1 Å². The van der Waals surface area contributed by atoms with Gasteiger partial charge in [-0.2, -0.15) is 13.2 Å². The van der Waals surface area contributed by atoms with Gasteiger partial charge in [-0.3, -0.25) is 4.79 Å². The van der Waals surface area contributed by atoms with Gasteiger partial charge in [-0.1, -0.05) is 11.8 Å². The van der Waals surface area contributed by atoms with Gasteiger partial charge in [-0.25, -0.2) is 0 Å². The van der Waals surface area contributed by atoms with E-state index in [0.717, 1.165) is 23.9 Å². The van der Waals surface area contributed by atoms with Crippen molar-refractivity contribution < 1.29 is 32.9 Å². The molecular weight excluding hydrogens is 321 g/mol. The molecule has 0 aliphatic heterocycles. The predicted octanol–water partition coefficient (Wildman–Crippen LogP) is 2.78. The van der Waals surface area contributed by atoms with E-state index < -0.39 is 23.9 Å². The van der Waals surface area contributed by atoms with E-state index in [1.54, 1.807) is 0 Å². The number of methoxy groups -OCH3 is 1. The molecule has 0 aliphatic rings. The molecule has 1 aromatic carbocycles. The third kappa shape index (κ3) is 5.51. The molecule has 0 radical (unpaired) electrons. The van der Waals surface area contributed by atoms with Gasteiger partial charge in [0.2, 0.25) is 0 Å². The maximum atomic E-state index is 12.8. The van der Waals surface area contributed by atoms with Gasteiger partial charge in [0.05, 0.1) is 18.8 Å². The number of aliphatic hydroxyl groups is 2. The summed E-state index contributed by atoms with van der Waals surface area (Å²) in [4.78, 5) is 10.8. The Balaban J connectivity index is 2.91. The van der Waals surface area contributed by atoms with E-state index in [4.69, 9.17) is 4.74 Å². The molecule has 0 saturated carbocycles. The molecule has 4 nitrogen and oxygen atoms in total. The van der Waals surface area contributed by atoms with Crippen molar-refractivity contribution in [1.82, 2.24) is 0 Å². The smallest absolute Gasteiger partial charge is 0.416 e. The lowest BCUT2D eigenvalue weighted by atomic mass is 10.00. The summed E-state index contributed by atoms with van der Waals surface area (Å²) >= 11 is 0.973. The van der Waals surface area contributed by atoms with Crippen LogP contribution in [-0.4, -0.2) is 34.3 Å². The normalized spacial score (nSPS) is 14.5. The highest BCUT2D eigenvalue weighted by Gasteiger charge is 2.32. The minimum Gasteiger partial charge on any atom is -0.497 e. The average molecular weight is 338 g/mol. The van der Waals surface area contributed by atoms with Crippen molar-refractivity contribution in [2.24, 2.45) is 0 Å². The van der Waals surface area contributed by atoms with E-state index in [0.29, 0.717) is 0 Å². The molecule has 124 valence electrons. The minimum absolute atomic E-state index is 0.0609. The molecule has 0 heterocycles. The number of carbonyl (C=O) groups excluding carboxylic acids is 1. The molecule has 2 atom stereocenters. The van der Waals surface area contributed by atoms with Crippen molar-refractivity contribution in [3.63, 3.8) is 0 Å². The molecule has 2 N–H and O–H groups in total. The largest absolute Gasteiger partial charge is 0.497 e. The Morgan fingerprint density at radius 1 is 1.32 bits per heavy atom. The zero-order chi connectivity index (χ0) is 16.9.